The Kier molecular flexibility index (Phi) is 2.13. The number of rotatable bonds is 2. The van der Waals surface area contributed by atoms with Crippen LogP contribution in [0.15, 0.2) is 24.5 Å². The van der Waals surface area contributed by atoms with Gasteiger partial charge in [-0.2, -0.15) is 0 Å². The van der Waals surface area contributed by atoms with Crippen LogP contribution in [-0.2, 0) is 11.2 Å². The minimum absolute atomic E-state index is 0.0440. The lowest BCUT2D eigenvalue weighted by atomic mass is 10.2. The van der Waals surface area contributed by atoms with E-state index in [4.69, 9.17) is 16.7 Å². The molecule has 2 heterocycles. The maximum atomic E-state index is 10.5. The third kappa shape index (κ3) is 1.44. The zero-order chi connectivity index (χ0) is 10.1. The molecule has 0 saturated heterocycles. The first-order chi connectivity index (χ1) is 6.68. The van der Waals surface area contributed by atoms with Crippen LogP contribution in [0.1, 0.15) is 5.56 Å². The second-order valence-corrected chi connectivity index (χ2v) is 3.27. The molecule has 0 atom stereocenters. The molecule has 0 spiro atoms. The van der Waals surface area contributed by atoms with Gasteiger partial charge in [0.25, 0.3) is 0 Å². The van der Waals surface area contributed by atoms with Gasteiger partial charge < -0.3 is 5.11 Å². The Bertz CT molecular complexity index is 493. The second kappa shape index (κ2) is 3.31. The minimum atomic E-state index is -0.878. The fourth-order valence-electron chi connectivity index (χ4n) is 1.34. The van der Waals surface area contributed by atoms with Crippen molar-refractivity contribution in [1.29, 1.82) is 0 Å². The molecule has 0 amide bonds. The van der Waals surface area contributed by atoms with Gasteiger partial charge in [-0.05, 0) is 6.07 Å². The summed E-state index contributed by atoms with van der Waals surface area (Å²) in [5.74, 6) is -0.878. The van der Waals surface area contributed by atoms with Gasteiger partial charge >= 0.3 is 5.97 Å². The summed E-state index contributed by atoms with van der Waals surface area (Å²) in [6, 6.07) is 3.48. The monoisotopic (exact) mass is 210 g/mol. The van der Waals surface area contributed by atoms with Crippen molar-refractivity contribution in [3.63, 3.8) is 0 Å². The normalized spacial score (nSPS) is 10.6. The van der Waals surface area contributed by atoms with E-state index >= 15 is 0 Å². The van der Waals surface area contributed by atoms with E-state index in [9.17, 15) is 4.79 Å². The number of aliphatic carboxylic acids is 1. The van der Waals surface area contributed by atoms with E-state index in [1.54, 1.807) is 22.7 Å². The first kappa shape index (κ1) is 9.02. The van der Waals surface area contributed by atoms with E-state index in [0.29, 0.717) is 16.4 Å². The van der Waals surface area contributed by atoms with Gasteiger partial charge in [0.05, 0.1) is 12.6 Å². The lowest BCUT2D eigenvalue weighted by Gasteiger charge is -2.00. The van der Waals surface area contributed by atoms with Crippen molar-refractivity contribution in [2.75, 3.05) is 0 Å². The van der Waals surface area contributed by atoms with E-state index in [0.717, 1.165) is 0 Å². The number of carbonyl (C=O) groups is 1. The van der Waals surface area contributed by atoms with Crippen molar-refractivity contribution in [3.8, 4) is 0 Å². The molecule has 0 aromatic carbocycles. The lowest BCUT2D eigenvalue weighted by Crippen LogP contribution is -2.02. The Hall–Kier alpha value is -1.55. The molecular weight excluding hydrogens is 204 g/mol. The van der Waals surface area contributed by atoms with E-state index in [-0.39, 0.29) is 6.42 Å². The average Bonchev–Trinajstić information content (AvgIpc) is 2.49. The molecule has 0 fully saturated rings. The van der Waals surface area contributed by atoms with Crippen molar-refractivity contribution in [2.45, 2.75) is 6.42 Å². The van der Waals surface area contributed by atoms with Gasteiger partial charge in [0.15, 0.2) is 0 Å². The van der Waals surface area contributed by atoms with Crippen LogP contribution in [0, 0.1) is 0 Å². The summed E-state index contributed by atoms with van der Waals surface area (Å²) in [4.78, 5) is 14.6. The molecule has 5 heteroatoms. The quantitative estimate of drug-likeness (QED) is 0.820. The highest BCUT2D eigenvalue weighted by atomic mass is 35.5. The fourth-order valence-corrected chi connectivity index (χ4v) is 1.53. The molecule has 4 nitrogen and oxygen atoms in total. The highest BCUT2D eigenvalue weighted by Crippen LogP contribution is 2.15. The van der Waals surface area contributed by atoms with Crippen LogP contribution in [0.3, 0.4) is 0 Å². The minimum Gasteiger partial charge on any atom is -0.481 e. The fraction of sp³-hybridized carbons (Fsp3) is 0.111. The Morgan fingerprint density at radius 2 is 2.43 bits per heavy atom. The van der Waals surface area contributed by atoms with Crippen molar-refractivity contribution in [2.24, 2.45) is 0 Å². The van der Waals surface area contributed by atoms with Gasteiger partial charge in [0.2, 0.25) is 0 Å². The van der Waals surface area contributed by atoms with E-state index in [1.165, 1.54) is 6.20 Å². The molecule has 2 aromatic rings. The van der Waals surface area contributed by atoms with Crippen LogP contribution in [0.25, 0.3) is 5.65 Å². The summed E-state index contributed by atoms with van der Waals surface area (Å²) in [6.45, 7) is 0. The summed E-state index contributed by atoms with van der Waals surface area (Å²) in [5.41, 5.74) is 1.26. The number of hydrogen-bond acceptors (Lipinski definition) is 2. The van der Waals surface area contributed by atoms with E-state index in [1.807, 2.05) is 0 Å². The number of halogens is 1. The highest BCUT2D eigenvalue weighted by molar-refractivity contribution is 6.29. The summed E-state index contributed by atoms with van der Waals surface area (Å²) in [6.07, 6.45) is 3.20. The molecule has 2 rings (SSSR count). The number of aromatic nitrogens is 2. The summed E-state index contributed by atoms with van der Waals surface area (Å²) in [5, 5.41) is 9.14. The van der Waals surface area contributed by atoms with Crippen LogP contribution in [0.5, 0.6) is 0 Å². The van der Waals surface area contributed by atoms with Crippen LogP contribution in [-0.4, -0.2) is 20.5 Å². The third-order valence-corrected chi connectivity index (χ3v) is 2.19. The van der Waals surface area contributed by atoms with Gasteiger partial charge in [0, 0.05) is 11.8 Å². The zero-order valence-electron chi connectivity index (χ0n) is 7.14. The first-order valence-corrected chi connectivity index (χ1v) is 4.38. The predicted molar refractivity (Wildman–Crippen MR) is 51.5 cm³/mol. The second-order valence-electron chi connectivity index (χ2n) is 2.88. The third-order valence-electron chi connectivity index (χ3n) is 1.91. The van der Waals surface area contributed by atoms with Gasteiger partial charge in [-0.1, -0.05) is 17.7 Å². The number of pyridine rings is 1. The van der Waals surface area contributed by atoms with Gasteiger partial charge in [-0.15, -0.1) is 0 Å². The summed E-state index contributed by atoms with van der Waals surface area (Å²) < 4.78 is 1.65. The molecule has 0 aliphatic heterocycles. The maximum Gasteiger partial charge on any atom is 0.307 e. The van der Waals surface area contributed by atoms with Gasteiger partial charge in [0.1, 0.15) is 10.8 Å². The molecule has 0 saturated carbocycles. The topological polar surface area (TPSA) is 54.6 Å². The van der Waals surface area contributed by atoms with E-state index < -0.39 is 5.97 Å². The highest BCUT2D eigenvalue weighted by Gasteiger charge is 2.08. The van der Waals surface area contributed by atoms with Crippen molar-refractivity contribution >= 4 is 23.2 Å². The number of fused-ring (bicyclic) bond motifs is 1. The number of carboxylic acid groups (broad SMARTS) is 1. The smallest absolute Gasteiger partial charge is 0.307 e. The molecular formula is C9H7ClN2O2. The van der Waals surface area contributed by atoms with Crippen molar-refractivity contribution in [1.82, 2.24) is 9.38 Å². The Morgan fingerprint density at radius 1 is 1.64 bits per heavy atom. The summed E-state index contributed by atoms with van der Waals surface area (Å²) in [7, 11) is 0. The SMILES string of the molecule is O=C(O)Cc1cccn2c(Cl)cnc12. The van der Waals surface area contributed by atoms with Crippen LogP contribution < -0.4 is 0 Å². The molecule has 0 unspecified atom stereocenters. The lowest BCUT2D eigenvalue weighted by molar-refractivity contribution is -0.136. The number of imidazole rings is 1. The van der Waals surface area contributed by atoms with Crippen LogP contribution in [0.4, 0.5) is 0 Å². The standard InChI is InChI=1S/C9H7ClN2O2/c10-7-5-11-9-6(4-8(13)14)2-1-3-12(7)9/h1-3,5H,4H2,(H,13,14). The average molecular weight is 211 g/mol. The largest absolute Gasteiger partial charge is 0.481 e. The molecule has 72 valence electrons. The maximum absolute atomic E-state index is 10.5. The first-order valence-electron chi connectivity index (χ1n) is 4.01. The van der Waals surface area contributed by atoms with Crippen molar-refractivity contribution < 1.29 is 9.90 Å². The summed E-state index contributed by atoms with van der Waals surface area (Å²) >= 11 is 5.83. The Morgan fingerprint density at radius 3 is 3.14 bits per heavy atom. The Balaban J connectivity index is 2.59. The number of nitrogens with zero attached hydrogens (tertiary/aromatic N) is 2. The molecule has 0 aliphatic carbocycles. The Labute approximate surface area is 84.8 Å². The van der Waals surface area contributed by atoms with Gasteiger partial charge in [-0.25, -0.2) is 4.98 Å². The van der Waals surface area contributed by atoms with E-state index in [2.05, 4.69) is 4.98 Å². The predicted octanol–water partition coefficient (Wildman–Crippen LogP) is 1.61. The van der Waals surface area contributed by atoms with Crippen molar-refractivity contribution in [3.05, 3.63) is 35.2 Å². The molecule has 0 bridgehead atoms. The van der Waals surface area contributed by atoms with Crippen LogP contribution >= 0.6 is 11.6 Å². The number of hydrogen-bond donors (Lipinski definition) is 1. The molecule has 1 N–H and O–H groups in total. The number of carboxylic acids is 1. The van der Waals surface area contributed by atoms with Gasteiger partial charge in [-0.3, -0.25) is 9.20 Å². The molecule has 14 heavy (non-hydrogen) atoms. The molecule has 0 radical (unpaired) electrons. The molecule has 0 aliphatic rings. The molecule has 2 aromatic heterocycles. The van der Waals surface area contributed by atoms with Crippen LogP contribution in [0.2, 0.25) is 5.15 Å². The zero-order valence-corrected chi connectivity index (χ0v) is 7.90.